The van der Waals surface area contributed by atoms with Crippen molar-refractivity contribution in [3.63, 3.8) is 0 Å². The van der Waals surface area contributed by atoms with Gasteiger partial charge in [-0.3, -0.25) is 4.79 Å². The minimum atomic E-state index is 0. The second-order valence-corrected chi connectivity index (χ2v) is 5.48. The molecule has 1 unspecified atom stereocenters. The van der Waals surface area contributed by atoms with E-state index in [1.54, 1.807) is 0 Å². The molecule has 2 rings (SSSR count). The zero-order chi connectivity index (χ0) is 13.1. The first-order chi connectivity index (χ1) is 8.60. The van der Waals surface area contributed by atoms with E-state index in [0.29, 0.717) is 31.3 Å². The summed E-state index contributed by atoms with van der Waals surface area (Å²) in [6.45, 7) is 6.50. The molecule has 1 heterocycles. The van der Waals surface area contributed by atoms with Crippen molar-refractivity contribution in [1.82, 2.24) is 4.90 Å². The molecule has 0 aliphatic carbocycles. The molecule has 0 aromatic heterocycles. The van der Waals surface area contributed by atoms with Gasteiger partial charge in [0.25, 0.3) is 0 Å². The minimum Gasteiger partial charge on any atom is -0.338 e. The van der Waals surface area contributed by atoms with Crippen LogP contribution in [0.3, 0.4) is 0 Å². The fraction of sp³-hybridized carbons (Fsp3) is 0.533. The quantitative estimate of drug-likeness (QED) is 0.922. The van der Waals surface area contributed by atoms with Gasteiger partial charge in [0.05, 0.1) is 0 Å². The van der Waals surface area contributed by atoms with Gasteiger partial charge < -0.3 is 10.6 Å². The molecule has 19 heavy (non-hydrogen) atoms. The molecule has 4 heteroatoms. The SMILES string of the molecule is CC(C)c1ccc(CN2CC(CN)CC2=O)cc1.Cl. The molecule has 0 bridgehead atoms. The molecule has 1 saturated heterocycles. The van der Waals surface area contributed by atoms with Crippen molar-refractivity contribution >= 4 is 18.3 Å². The lowest BCUT2D eigenvalue weighted by Crippen LogP contribution is -2.25. The van der Waals surface area contributed by atoms with Crippen molar-refractivity contribution in [2.75, 3.05) is 13.1 Å². The molecule has 1 aromatic rings. The molecule has 1 atom stereocenters. The predicted molar refractivity (Wildman–Crippen MR) is 80.4 cm³/mol. The van der Waals surface area contributed by atoms with Crippen LogP contribution >= 0.6 is 12.4 Å². The van der Waals surface area contributed by atoms with Crippen LogP contribution in [0.5, 0.6) is 0 Å². The highest BCUT2D eigenvalue weighted by atomic mass is 35.5. The molecule has 0 spiro atoms. The van der Waals surface area contributed by atoms with Crippen LogP contribution in [0.4, 0.5) is 0 Å². The maximum atomic E-state index is 11.8. The Morgan fingerprint density at radius 2 is 1.95 bits per heavy atom. The normalized spacial score (nSPS) is 18.8. The Hall–Kier alpha value is -1.06. The third-order valence-electron chi connectivity index (χ3n) is 3.65. The van der Waals surface area contributed by atoms with Crippen LogP contribution < -0.4 is 5.73 Å². The van der Waals surface area contributed by atoms with Crippen molar-refractivity contribution < 1.29 is 4.79 Å². The van der Waals surface area contributed by atoms with E-state index < -0.39 is 0 Å². The number of halogens is 1. The van der Waals surface area contributed by atoms with Gasteiger partial charge in [-0.25, -0.2) is 0 Å². The number of carbonyl (C=O) groups excluding carboxylic acids is 1. The summed E-state index contributed by atoms with van der Waals surface area (Å²) in [6.07, 6.45) is 0.612. The van der Waals surface area contributed by atoms with Crippen molar-refractivity contribution in [2.45, 2.75) is 32.7 Å². The topological polar surface area (TPSA) is 46.3 Å². The summed E-state index contributed by atoms with van der Waals surface area (Å²) in [5, 5.41) is 0. The largest absolute Gasteiger partial charge is 0.338 e. The maximum Gasteiger partial charge on any atom is 0.223 e. The fourth-order valence-electron chi connectivity index (χ4n) is 2.39. The number of nitrogens with zero attached hydrogens (tertiary/aromatic N) is 1. The Balaban J connectivity index is 0.00000180. The Kier molecular flexibility index (Phi) is 5.83. The zero-order valence-electron chi connectivity index (χ0n) is 11.6. The zero-order valence-corrected chi connectivity index (χ0v) is 12.5. The van der Waals surface area contributed by atoms with E-state index in [0.717, 1.165) is 6.54 Å². The summed E-state index contributed by atoms with van der Waals surface area (Å²) in [7, 11) is 0. The number of hydrogen-bond acceptors (Lipinski definition) is 2. The van der Waals surface area contributed by atoms with Gasteiger partial charge in [0.2, 0.25) is 5.91 Å². The number of amides is 1. The molecule has 1 amide bonds. The Labute approximate surface area is 121 Å². The standard InChI is InChI=1S/C15H22N2O.ClH/c1-11(2)14-5-3-12(4-6-14)9-17-10-13(8-16)7-15(17)18;/h3-6,11,13H,7-10,16H2,1-2H3;1H. The number of rotatable bonds is 4. The molecule has 2 N–H and O–H groups in total. The molecule has 1 fully saturated rings. The molecular formula is C15H23ClN2O. The van der Waals surface area contributed by atoms with E-state index in [-0.39, 0.29) is 18.3 Å². The summed E-state index contributed by atoms with van der Waals surface area (Å²) in [5.74, 6) is 1.12. The van der Waals surface area contributed by atoms with Crippen LogP contribution in [-0.2, 0) is 11.3 Å². The average Bonchev–Trinajstić information content (AvgIpc) is 2.71. The van der Waals surface area contributed by atoms with Crippen LogP contribution in [0, 0.1) is 5.92 Å². The second kappa shape index (κ2) is 6.92. The van der Waals surface area contributed by atoms with E-state index in [9.17, 15) is 4.79 Å². The van der Waals surface area contributed by atoms with Crippen LogP contribution in [0.2, 0.25) is 0 Å². The van der Waals surface area contributed by atoms with Crippen molar-refractivity contribution in [2.24, 2.45) is 11.7 Å². The minimum absolute atomic E-state index is 0. The first-order valence-electron chi connectivity index (χ1n) is 6.67. The Morgan fingerprint density at radius 1 is 1.32 bits per heavy atom. The first-order valence-corrected chi connectivity index (χ1v) is 6.67. The number of likely N-dealkylation sites (tertiary alicyclic amines) is 1. The van der Waals surface area contributed by atoms with Gasteiger partial charge in [-0.05, 0) is 29.5 Å². The molecule has 1 aliphatic heterocycles. The van der Waals surface area contributed by atoms with E-state index in [1.165, 1.54) is 11.1 Å². The van der Waals surface area contributed by atoms with Gasteiger partial charge in [-0.2, -0.15) is 0 Å². The summed E-state index contributed by atoms with van der Waals surface area (Å²) in [6, 6.07) is 8.55. The lowest BCUT2D eigenvalue weighted by molar-refractivity contribution is -0.128. The molecule has 1 aliphatic rings. The number of nitrogens with two attached hydrogens (primary N) is 1. The molecular weight excluding hydrogens is 260 g/mol. The highest BCUT2D eigenvalue weighted by Crippen LogP contribution is 2.20. The number of hydrogen-bond donors (Lipinski definition) is 1. The van der Waals surface area contributed by atoms with Crippen molar-refractivity contribution in [1.29, 1.82) is 0 Å². The first kappa shape index (κ1) is 16.0. The summed E-state index contributed by atoms with van der Waals surface area (Å²) >= 11 is 0. The average molecular weight is 283 g/mol. The van der Waals surface area contributed by atoms with Gasteiger partial charge in [0.15, 0.2) is 0 Å². The van der Waals surface area contributed by atoms with Gasteiger partial charge in [-0.15, -0.1) is 12.4 Å². The van der Waals surface area contributed by atoms with E-state index in [1.807, 2.05) is 4.90 Å². The summed E-state index contributed by atoms with van der Waals surface area (Å²) in [4.78, 5) is 13.7. The second-order valence-electron chi connectivity index (χ2n) is 5.48. The number of benzene rings is 1. The van der Waals surface area contributed by atoms with Gasteiger partial charge >= 0.3 is 0 Å². The lowest BCUT2D eigenvalue weighted by atomic mass is 10.0. The van der Waals surface area contributed by atoms with Crippen LogP contribution in [0.25, 0.3) is 0 Å². The van der Waals surface area contributed by atoms with Crippen molar-refractivity contribution in [3.05, 3.63) is 35.4 Å². The van der Waals surface area contributed by atoms with E-state index in [2.05, 4.69) is 38.1 Å². The number of carbonyl (C=O) groups is 1. The highest BCUT2D eigenvalue weighted by Gasteiger charge is 2.28. The van der Waals surface area contributed by atoms with Gasteiger partial charge in [0, 0.05) is 19.5 Å². The highest BCUT2D eigenvalue weighted by molar-refractivity contribution is 5.85. The van der Waals surface area contributed by atoms with Gasteiger partial charge in [-0.1, -0.05) is 38.1 Å². The lowest BCUT2D eigenvalue weighted by Gasteiger charge is -2.17. The molecule has 0 radical (unpaired) electrons. The van der Waals surface area contributed by atoms with Crippen LogP contribution in [0.15, 0.2) is 24.3 Å². The molecule has 3 nitrogen and oxygen atoms in total. The summed E-state index contributed by atoms with van der Waals surface area (Å²) < 4.78 is 0. The van der Waals surface area contributed by atoms with Crippen LogP contribution in [-0.4, -0.2) is 23.9 Å². The maximum absolute atomic E-state index is 11.8. The predicted octanol–water partition coefficient (Wildman–Crippen LogP) is 2.54. The molecule has 106 valence electrons. The Bertz CT molecular complexity index is 417. The smallest absolute Gasteiger partial charge is 0.223 e. The van der Waals surface area contributed by atoms with Crippen LogP contribution in [0.1, 0.15) is 37.3 Å². The van der Waals surface area contributed by atoms with E-state index >= 15 is 0 Å². The van der Waals surface area contributed by atoms with Crippen molar-refractivity contribution in [3.8, 4) is 0 Å². The monoisotopic (exact) mass is 282 g/mol. The summed E-state index contributed by atoms with van der Waals surface area (Å²) in [5.41, 5.74) is 8.16. The molecule has 0 saturated carbocycles. The molecule has 1 aromatic carbocycles. The van der Waals surface area contributed by atoms with E-state index in [4.69, 9.17) is 5.73 Å². The third kappa shape index (κ3) is 3.95. The fourth-order valence-corrected chi connectivity index (χ4v) is 2.39. The van der Waals surface area contributed by atoms with Gasteiger partial charge in [0.1, 0.15) is 0 Å². The third-order valence-corrected chi connectivity index (χ3v) is 3.65. The Morgan fingerprint density at radius 3 is 2.42 bits per heavy atom.